The molecule has 0 radical (unpaired) electrons. The van der Waals surface area contributed by atoms with Crippen LogP contribution in [0.1, 0.15) is 118 Å². The first kappa shape index (κ1) is 27.9. The van der Waals surface area contributed by atoms with Gasteiger partial charge in [-0.3, -0.25) is 0 Å². The van der Waals surface area contributed by atoms with Crippen LogP contribution < -0.4 is 11.1 Å². The van der Waals surface area contributed by atoms with Crippen LogP contribution in [-0.2, 0) is 0 Å². The summed E-state index contributed by atoms with van der Waals surface area (Å²) in [5.74, 6) is 4.59. The Bertz CT molecular complexity index is 699. The minimum absolute atomic E-state index is 0.0892. The Morgan fingerprint density at radius 2 is 1.71 bits per heavy atom. The molecule has 4 nitrogen and oxygen atoms in total. The highest BCUT2D eigenvalue weighted by molar-refractivity contribution is 5.18. The van der Waals surface area contributed by atoms with E-state index in [9.17, 15) is 10.2 Å². The van der Waals surface area contributed by atoms with Gasteiger partial charge >= 0.3 is 0 Å². The molecule has 4 aliphatic rings. The molecule has 10 atom stereocenters. The van der Waals surface area contributed by atoms with E-state index < -0.39 is 5.60 Å². The van der Waals surface area contributed by atoms with Crippen LogP contribution >= 0.6 is 0 Å². The van der Waals surface area contributed by atoms with Gasteiger partial charge in [0.2, 0.25) is 0 Å². The molecule has 4 rings (SSSR count). The van der Waals surface area contributed by atoms with E-state index in [1.807, 2.05) is 0 Å². The second kappa shape index (κ2) is 10.9. The smallest absolute Gasteiger partial charge is 0.0880 e. The number of fused-ring (bicyclic) bond motifs is 5. The Hall–Kier alpha value is -0.160. The summed E-state index contributed by atoms with van der Waals surface area (Å²) in [5, 5.41) is 26.8. The predicted octanol–water partition coefficient (Wildman–Crippen LogP) is 5.89. The molecule has 4 saturated carbocycles. The minimum Gasteiger partial charge on any atom is -0.393 e. The lowest BCUT2D eigenvalue weighted by molar-refractivity contribution is -0.234. The standard InChI is InChI=1S/C31H58N2O2/c1-21(2)9-8-10-22(3)25-11-12-26-24-19-28(33-18-7-6-17-32)31(35)20-23(34)13-16-30(31,5)27(24)14-15-29(25,26)4/h21-28,33-35H,6-20,32H2,1-5H3/t22-,23+,24?,25-,26+,27+,28-,29-,30-,31+/m1/s1. The van der Waals surface area contributed by atoms with Crippen LogP contribution in [0.25, 0.3) is 0 Å². The molecule has 0 aromatic heterocycles. The molecule has 5 N–H and O–H groups in total. The summed E-state index contributed by atoms with van der Waals surface area (Å²) < 4.78 is 0. The van der Waals surface area contributed by atoms with Crippen LogP contribution in [0.5, 0.6) is 0 Å². The van der Waals surface area contributed by atoms with Gasteiger partial charge in [-0.15, -0.1) is 0 Å². The topological polar surface area (TPSA) is 78.5 Å². The van der Waals surface area contributed by atoms with Gasteiger partial charge in [0.1, 0.15) is 0 Å². The number of nitrogens with two attached hydrogens (primary N) is 1. The lowest BCUT2D eigenvalue weighted by atomic mass is 9.42. The van der Waals surface area contributed by atoms with E-state index >= 15 is 0 Å². The maximum absolute atomic E-state index is 12.3. The second-order valence-corrected chi connectivity index (χ2v) is 14.4. The molecule has 0 aromatic carbocycles. The number of nitrogens with one attached hydrogen (secondary N) is 1. The lowest BCUT2D eigenvalue weighted by Crippen LogP contribution is -2.71. The lowest BCUT2D eigenvalue weighted by Gasteiger charge is -2.66. The van der Waals surface area contributed by atoms with Gasteiger partial charge < -0.3 is 21.3 Å². The third-order valence-corrected chi connectivity index (χ3v) is 12.1. The van der Waals surface area contributed by atoms with Crippen molar-refractivity contribution < 1.29 is 10.2 Å². The number of aliphatic hydroxyl groups excluding tert-OH is 1. The highest BCUT2D eigenvalue weighted by atomic mass is 16.3. The Morgan fingerprint density at radius 1 is 0.943 bits per heavy atom. The second-order valence-electron chi connectivity index (χ2n) is 14.4. The zero-order chi connectivity index (χ0) is 25.4. The van der Waals surface area contributed by atoms with Crippen LogP contribution in [0, 0.1) is 46.3 Å². The van der Waals surface area contributed by atoms with Gasteiger partial charge in [0.05, 0.1) is 11.7 Å². The van der Waals surface area contributed by atoms with Crippen molar-refractivity contribution in [3.8, 4) is 0 Å². The molecule has 0 heterocycles. The van der Waals surface area contributed by atoms with Gasteiger partial charge in [0.15, 0.2) is 0 Å². The number of aliphatic hydroxyl groups is 2. The normalized spacial score (nSPS) is 46.2. The summed E-state index contributed by atoms with van der Waals surface area (Å²) in [5.41, 5.74) is 5.32. The highest BCUT2D eigenvalue weighted by Crippen LogP contribution is 2.69. The first-order chi connectivity index (χ1) is 16.6. The van der Waals surface area contributed by atoms with E-state index in [-0.39, 0.29) is 17.6 Å². The van der Waals surface area contributed by atoms with E-state index in [0.717, 1.165) is 68.9 Å². The third-order valence-electron chi connectivity index (χ3n) is 12.1. The molecule has 0 bridgehead atoms. The number of unbranched alkanes of at least 4 members (excludes halogenated alkanes) is 1. The first-order valence-electron chi connectivity index (χ1n) is 15.4. The molecule has 35 heavy (non-hydrogen) atoms. The summed E-state index contributed by atoms with van der Waals surface area (Å²) in [4.78, 5) is 0. The summed E-state index contributed by atoms with van der Waals surface area (Å²) >= 11 is 0. The number of rotatable bonds is 10. The van der Waals surface area contributed by atoms with Gasteiger partial charge in [0.25, 0.3) is 0 Å². The van der Waals surface area contributed by atoms with E-state index in [2.05, 4.69) is 39.9 Å². The van der Waals surface area contributed by atoms with Crippen LogP contribution in [0.4, 0.5) is 0 Å². The van der Waals surface area contributed by atoms with E-state index in [4.69, 9.17) is 5.73 Å². The van der Waals surface area contributed by atoms with Crippen LogP contribution in [0.2, 0.25) is 0 Å². The molecule has 0 amide bonds. The van der Waals surface area contributed by atoms with Gasteiger partial charge in [-0.1, -0.05) is 53.9 Å². The van der Waals surface area contributed by atoms with Gasteiger partial charge in [-0.25, -0.2) is 0 Å². The SMILES string of the molecule is CC(C)CCC[C@@H](C)[C@H]1CC[C@H]2C3C[C@@H](NCCCCN)[C@@]4(O)C[C@@H](O)CC[C@]4(C)[C@H]3CC[C@]12C. The molecule has 1 unspecified atom stereocenters. The molecule has 4 heteroatoms. The fraction of sp³-hybridized carbons (Fsp3) is 1.00. The summed E-state index contributed by atoms with van der Waals surface area (Å²) in [6, 6.07) is 0.0892. The summed E-state index contributed by atoms with van der Waals surface area (Å²) in [6.45, 7) is 14.0. The average Bonchev–Trinajstić information content (AvgIpc) is 3.15. The maximum Gasteiger partial charge on any atom is 0.0880 e. The van der Waals surface area contributed by atoms with Crippen molar-refractivity contribution in [2.75, 3.05) is 13.1 Å². The molecule has 4 fully saturated rings. The molecule has 0 aromatic rings. The van der Waals surface area contributed by atoms with E-state index in [0.29, 0.717) is 23.7 Å². The molecule has 204 valence electrons. The van der Waals surface area contributed by atoms with Crippen molar-refractivity contribution in [2.45, 2.75) is 136 Å². The van der Waals surface area contributed by atoms with Gasteiger partial charge in [-0.2, -0.15) is 0 Å². The zero-order valence-electron chi connectivity index (χ0n) is 23.7. The zero-order valence-corrected chi connectivity index (χ0v) is 23.7. The summed E-state index contributed by atoms with van der Waals surface area (Å²) in [6.07, 6.45) is 14.7. The Balaban J connectivity index is 1.54. The van der Waals surface area contributed by atoms with Crippen molar-refractivity contribution in [1.29, 1.82) is 0 Å². The Kier molecular flexibility index (Phi) is 8.68. The van der Waals surface area contributed by atoms with Crippen LogP contribution in [0.3, 0.4) is 0 Å². The van der Waals surface area contributed by atoms with Crippen molar-refractivity contribution in [2.24, 2.45) is 52.1 Å². The molecular weight excluding hydrogens is 432 g/mol. The monoisotopic (exact) mass is 490 g/mol. The number of hydrogen-bond acceptors (Lipinski definition) is 4. The Labute approximate surface area is 216 Å². The minimum atomic E-state index is -0.801. The van der Waals surface area contributed by atoms with Crippen molar-refractivity contribution in [3.05, 3.63) is 0 Å². The highest BCUT2D eigenvalue weighted by Gasteiger charge is 2.67. The van der Waals surface area contributed by atoms with Crippen molar-refractivity contribution in [3.63, 3.8) is 0 Å². The van der Waals surface area contributed by atoms with Crippen molar-refractivity contribution in [1.82, 2.24) is 5.32 Å². The van der Waals surface area contributed by atoms with Crippen LogP contribution in [0.15, 0.2) is 0 Å². The van der Waals surface area contributed by atoms with Gasteiger partial charge in [-0.05, 0) is 112 Å². The summed E-state index contributed by atoms with van der Waals surface area (Å²) in [7, 11) is 0. The van der Waals surface area contributed by atoms with E-state index in [1.165, 1.54) is 44.9 Å². The molecule has 0 aliphatic heterocycles. The molecule has 0 saturated heterocycles. The average molecular weight is 491 g/mol. The molecule has 0 spiro atoms. The van der Waals surface area contributed by atoms with Gasteiger partial charge in [0, 0.05) is 17.9 Å². The largest absolute Gasteiger partial charge is 0.393 e. The Morgan fingerprint density at radius 3 is 2.43 bits per heavy atom. The quantitative estimate of drug-likeness (QED) is 0.288. The predicted molar refractivity (Wildman–Crippen MR) is 146 cm³/mol. The van der Waals surface area contributed by atoms with E-state index in [1.54, 1.807) is 0 Å². The first-order valence-corrected chi connectivity index (χ1v) is 15.4. The van der Waals surface area contributed by atoms with Crippen LogP contribution in [-0.4, -0.2) is 41.0 Å². The van der Waals surface area contributed by atoms with Crippen molar-refractivity contribution >= 4 is 0 Å². The number of hydrogen-bond donors (Lipinski definition) is 4. The third kappa shape index (κ3) is 5.00. The molecule has 4 aliphatic carbocycles. The molecular formula is C31H58N2O2. The fourth-order valence-electron chi connectivity index (χ4n) is 10.1. The maximum atomic E-state index is 12.3. The fourth-order valence-corrected chi connectivity index (χ4v) is 10.1.